The Morgan fingerprint density at radius 1 is 0.500 bits per heavy atom. The number of nitrogens with zero attached hydrogens (tertiary/aromatic N) is 2. The number of anilines is 5. The van der Waals surface area contributed by atoms with Crippen LogP contribution in [0.4, 0.5) is 28.4 Å². The molecule has 0 radical (unpaired) electrons. The van der Waals surface area contributed by atoms with Crippen molar-refractivity contribution in [2.24, 2.45) is 0 Å². The van der Waals surface area contributed by atoms with Crippen molar-refractivity contribution in [1.82, 2.24) is 0 Å². The number of hydrogen-bond acceptors (Lipinski definition) is 2. The molecule has 1 unspecified atom stereocenters. The van der Waals surface area contributed by atoms with Gasteiger partial charge < -0.3 is 4.90 Å². The molecule has 0 fully saturated rings. The molecule has 34 heavy (non-hydrogen) atoms. The van der Waals surface area contributed by atoms with Crippen LogP contribution in [0.2, 0.25) is 0 Å². The van der Waals surface area contributed by atoms with Crippen LogP contribution < -0.4 is 20.2 Å². The first-order valence-corrected chi connectivity index (χ1v) is 13.1. The standard InChI is InChI=1S/C30H21N2OP/c33-34(23-14-5-2-6-15-23)29-21-10-7-16-24(29)25-17-11-20-28-30(25)32(34)27-19-9-8-18-26(27)31(28)22-12-3-1-4-13-22/h1-21H. The van der Waals surface area contributed by atoms with Crippen molar-refractivity contribution in [2.75, 3.05) is 9.57 Å². The number of para-hydroxylation sites is 4. The molecule has 0 aromatic heterocycles. The third-order valence-corrected chi connectivity index (χ3v) is 9.76. The van der Waals surface area contributed by atoms with Crippen molar-refractivity contribution in [3.8, 4) is 11.1 Å². The van der Waals surface area contributed by atoms with E-state index in [1.165, 1.54) is 0 Å². The largest absolute Gasteiger partial charge is 0.306 e. The molecule has 0 bridgehead atoms. The lowest BCUT2D eigenvalue weighted by molar-refractivity contribution is 0.587. The predicted molar refractivity (Wildman–Crippen MR) is 142 cm³/mol. The van der Waals surface area contributed by atoms with Gasteiger partial charge in [-0.15, -0.1) is 0 Å². The summed E-state index contributed by atoms with van der Waals surface area (Å²) in [5, 5.41) is 1.72. The van der Waals surface area contributed by atoms with Crippen molar-refractivity contribution < 1.29 is 4.57 Å². The fraction of sp³-hybridized carbons (Fsp3) is 0. The van der Waals surface area contributed by atoms with Crippen LogP contribution in [0.15, 0.2) is 127 Å². The van der Waals surface area contributed by atoms with Crippen molar-refractivity contribution in [1.29, 1.82) is 0 Å². The van der Waals surface area contributed by atoms with Crippen molar-refractivity contribution in [3.05, 3.63) is 127 Å². The van der Waals surface area contributed by atoms with E-state index in [9.17, 15) is 0 Å². The Hall–Kier alpha value is -4.07. The molecule has 162 valence electrons. The van der Waals surface area contributed by atoms with Gasteiger partial charge in [0.05, 0.1) is 22.7 Å². The van der Waals surface area contributed by atoms with E-state index in [-0.39, 0.29) is 0 Å². The van der Waals surface area contributed by atoms with Gasteiger partial charge in [-0.3, -0.25) is 9.24 Å². The fourth-order valence-electron chi connectivity index (χ4n) is 5.34. The summed E-state index contributed by atoms with van der Waals surface area (Å²) in [4.78, 5) is 2.29. The summed E-state index contributed by atoms with van der Waals surface area (Å²) in [7, 11) is -3.22. The van der Waals surface area contributed by atoms with Gasteiger partial charge in [0.15, 0.2) is 0 Å². The topological polar surface area (TPSA) is 23.6 Å². The highest BCUT2D eigenvalue weighted by molar-refractivity contribution is 7.81. The van der Waals surface area contributed by atoms with E-state index < -0.39 is 7.29 Å². The number of benzene rings is 5. The lowest BCUT2D eigenvalue weighted by Crippen LogP contribution is -2.37. The second-order valence-corrected chi connectivity index (χ2v) is 11.1. The minimum atomic E-state index is -3.22. The van der Waals surface area contributed by atoms with E-state index in [2.05, 4.69) is 76.3 Å². The Labute approximate surface area is 199 Å². The fourth-order valence-corrected chi connectivity index (χ4v) is 8.41. The Bertz CT molecular complexity index is 1600. The molecule has 3 nitrogen and oxygen atoms in total. The van der Waals surface area contributed by atoms with Gasteiger partial charge in [-0.1, -0.05) is 78.9 Å². The van der Waals surface area contributed by atoms with Gasteiger partial charge in [0.25, 0.3) is 0 Å². The van der Waals surface area contributed by atoms with Crippen LogP contribution in [0, 0.1) is 0 Å². The Morgan fingerprint density at radius 2 is 1.09 bits per heavy atom. The molecule has 2 aliphatic rings. The smallest absolute Gasteiger partial charge is 0.234 e. The summed E-state index contributed by atoms with van der Waals surface area (Å²) in [5.74, 6) is 0. The van der Waals surface area contributed by atoms with Crippen molar-refractivity contribution in [3.63, 3.8) is 0 Å². The van der Waals surface area contributed by atoms with E-state index in [0.29, 0.717) is 0 Å². The molecular formula is C30H21N2OP. The molecule has 0 amide bonds. The average molecular weight is 456 g/mol. The first kappa shape index (κ1) is 19.4. The summed E-state index contributed by atoms with van der Waals surface area (Å²) < 4.78 is 17.6. The monoisotopic (exact) mass is 456 g/mol. The highest BCUT2D eigenvalue weighted by Crippen LogP contribution is 2.67. The van der Waals surface area contributed by atoms with Crippen LogP contribution >= 0.6 is 7.29 Å². The number of hydrogen-bond donors (Lipinski definition) is 0. The van der Waals surface area contributed by atoms with Gasteiger partial charge in [-0.2, -0.15) is 0 Å². The molecule has 0 saturated carbocycles. The normalized spacial score (nSPS) is 17.5. The Kier molecular flexibility index (Phi) is 4.12. The summed E-state index contributed by atoms with van der Waals surface area (Å²) in [6, 6.07) is 43.2. The van der Waals surface area contributed by atoms with Crippen LogP contribution in [0.25, 0.3) is 11.1 Å². The third-order valence-electron chi connectivity index (χ3n) is 6.74. The summed E-state index contributed by atoms with van der Waals surface area (Å²) in [5.41, 5.74) is 7.23. The zero-order valence-corrected chi connectivity index (χ0v) is 19.3. The highest BCUT2D eigenvalue weighted by Gasteiger charge is 2.47. The van der Waals surface area contributed by atoms with Crippen LogP contribution in [0.5, 0.6) is 0 Å². The van der Waals surface area contributed by atoms with Crippen LogP contribution in [-0.2, 0) is 4.57 Å². The molecule has 0 N–H and O–H groups in total. The van der Waals surface area contributed by atoms with Crippen LogP contribution in [0.3, 0.4) is 0 Å². The molecule has 1 atom stereocenters. The first-order valence-electron chi connectivity index (χ1n) is 11.4. The number of rotatable bonds is 2. The molecular weight excluding hydrogens is 435 g/mol. The maximum absolute atomic E-state index is 15.5. The second-order valence-electron chi connectivity index (χ2n) is 8.57. The van der Waals surface area contributed by atoms with Gasteiger partial charge in [-0.25, -0.2) is 0 Å². The van der Waals surface area contributed by atoms with Gasteiger partial charge >= 0.3 is 0 Å². The van der Waals surface area contributed by atoms with Gasteiger partial charge in [0.1, 0.15) is 0 Å². The van der Waals surface area contributed by atoms with E-state index in [4.69, 9.17) is 0 Å². The summed E-state index contributed by atoms with van der Waals surface area (Å²) in [6.07, 6.45) is 0. The minimum Gasteiger partial charge on any atom is -0.306 e. The van der Waals surface area contributed by atoms with Crippen molar-refractivity contribution >= 4 is 46.3 Å². The van der Waals surface area contributed by atoms with Crippen molar-refractivity contribution in [2.45, 2.75) is 0 Å². The molecule has 2 aliphatic heterocycles. The maximum atomic E-state index is 15.5. The number of fused-ring (bicyclic) bond motifs is 4. The molecule has 5 aromatic rings. The molecule has 0 saturated heterocycles. The molecule has 5 aromatic carbocycles. The molecule has 4 heteroatoms. The zero-order valence-electron chi connectivity index (χ0n) is 18.4. The third kappa shape index (κ3) is 2.50. The maximum Gasteiger partial charge on any atom is 0.234 e. The Morgan fingerprint density at radius 3 is 1.88 bits per heavy atom. The SMILES string of the molecule is O=P1(c2ccccc2)c2ccccc2-c2cccc3c2N1c1ccccc1N3c1ccccc1. The van der Waals surface area contributed by atoms with Crippen LogP contribution in [0.1, 0.15) is 0 Å². The quantitative estimate of drug-likeness (QED) is 0.257. The molecule has 0 aliphatic carbocycles. The zero-order chi connectivity index (χ0) is 22.7. The molecule has 2 heterocycles. The first-order chi connectivity index (χ1) is 16.8. The highest BCUT2D eigenvalue weighted by atomic mass is 31.2. The van der Waals surface area contributed by atoms with E-state index >= 15 is 4.57 Å². The van der Waals surface area contributed by atoms with Gasteiger partial charge in [0, 0.05) is 21.9 Å². The van der Waals surface area contributed by atoms with Crippen LogP contribution in [-0.4, -0.2) is 0 Å². The lowest BCUT2D eigenvalue weighted by Gasteiger charge is -2.47. The minimum absolute atomic E-state index is 0.839. The van der Waals surface area contributed by atoms with E-state index in [0.717, 1.165) is 50.2 Å². The second kappa shape index (κ2) is 7.21. The summed E-state index contributed by atoms with van der Waals surface area (Å²) in [6.45, 7) is 0. The van der Waals surface area contributed by atoms with E-state index in [1.54, 1.807) is 0 Å². The predicted octanol–water partition coefficient (Wildman–Crippen LogP) is 7.52. The molecule has 7 rings (SSSR count). The van der Waals surface area contributed by atoms with Gasteiger partial charge in [-0.05, 0) is 54.1 Å². The Balaban J connectivity index is 1.64. The summed E-state index contributed by atoms with van der Waals surface area (Å²) >= 11 is 0. The van der Waals surface area contributed by atoms with Gasteiger partial charge in [0.2, 0.25) is 7.29 Å². The molecule has 0 spiro atoms. The lowest BCUT2D eigenvalue weighted by atomic mass is 9.98. The van der Waals surface area contributed by atoms with E-state index in [1.807, 2.05) is 60.7 Å². The average Bonchev–Trinajstić information content (AvgIpc) is 2.91.